The largest absolute Gasteiger partial charge is 0.325 e. The molecule has 0 aromatic heterocycles. The van der Waals surface area contributed by atoms with Crippen LogP contribution in [0.25, 0.3) is 0 Å². The number of carbonyl (C=O) groups excluding carboxylic acids is 2. The lowest BCUT2D eigenvalue weighted by atomic mass is 10.1. The molecule has 1 N–H and O–H groups in total. The second-order valence-corrected chi connectivity index (χ2v) is 3.57. The minimum absolute atomic E-state index is 0.0716. The number of hydrogen-bond donors (Lipinski definition) is 1. The molecule has 1 aromatic rings. The number of urea groups is 1. The Balaban J connectivity index is 2.18. The van der Waals surface area contributed by atoms with Crippen molar-refractivity contribution in [2.45, 2.75) is 13.0 Å². The van der Waals surface area contributed by atoms with Crippen molar-refractivity contribution < 1.29 is 9.59 Å². The highest BCUT2D eigenvalue weighted by atomic mass is 16.2. The average molecular weight is 204 g/mol. The van der Waals surface area contributed by atoms with Gasteiger partial charge in [-0.05, 0) is 12.5 Å². The summed E-state index contributed by atoms with van der Waals surface area (Å²) in [6.45, 7) is 2.06. The highest BCUT2D eigenvalue weighted by Crippen LogP contribution is 2.21. The predicted octanol–water partition coefficient (Wildman–Crippen LogP) is 1.30. The van der Waals surface area contributed by atoms with Gasteiger partial charge in [-0.1, -0.05) is 30.3 Å². The molecule has 1 aliphatic rings. The Morgan fingerprint density at radius 3 is 2.47 bits per heavy atom. The van der Waals surface area contributed by atoms with Gasteiger partial charge in [0.05, 0.1) is 6.04 Å². The smallest absolute Gasteiger partial charge is 0.308 e. The SMILES string of the molecule is CC(c1ccccc1)N1CC(=O)NC1=O. The molecular weight excluding hydrogens is 192 g/mol. The van der Waals surface area contributed by atoms with Gasteiger partial charge in [0.25, 0.3) is 0 Å². The fraction of sp³-hybridized carbons (Fsp3) is 0.273. The third kappa shape index (κ3) is 1.83. The molecule has 15 heavy (non-hydrogen) atoms. The quantitative estimate of drug-likeness (QED) is 0.738. The van der Waals surface area contributed by atoms with Crippen LogP contribution in [0.1, 0.15) is 18.5 Å². The monoisotopic (exact) mass is 204 g/mol. The van der Waals surface area contributed by atoms with Gasteiger partial charge in [-0.15, -0.1) is 0 Å². The number of amides is 3. The Morgan fingerprint density at radius 2 is 1.93 bits per heavy atom. The first kappa shape index (κ1) is 9.71. The van der Waals surface area contributed by atoms with E-state index in [1.54, 1.807) is 0 Å². The van der Waals surface area contributed by atoms with Crippen LogP contribution in [-0.4, -0.2) is 23.4 Å². The summed E-state index contributed by atoms with van der Waals surface area (Å²) in [6, 6.07) is 9.27. The molecule has 0 aliphatic carbocycles. The summed E-state index contributed by atoms with van der Waals surface area (Å²) in [5.74, 6) is -0.234. The number of benzene rings is 1. The molecule has 3 amide bonds. The fourth-order valence-electron chi connectivity index (χ4n) is 1.68. The van der Waals surface area contributed by atoms with Gasteiger partial charge in [0.1, 0.15) is 6.54 Å². The Labute approximate surface area is 87.9 Å². The number of carbonyl (C=O) groups is 2. The van der Waals surface area contributed by atoms with E-state index in [1.807, 2.05) is 37.3 Å². The number of nitrogens with one attached hydrogen (secondary N) is 1. The van der Waals surface area contributed by atoms with E-state index in [9.17, 15) is 9.59 Å². The van der Waals surface area contributed by atoms with Crippen molar-refractivity contribution in [1.29, 1.82) is 0 Å². The molecule has 1 aliphatic heterocycles. The van der Waals surface area contributed by atoms with Gasteiger partial charge in [0.15, 0.2) is 0 Å². The molecule has 0 radical (unpaired) electrons. The molecule has 0 spiro atoms. The van der Waals surface area contributed by atoms with Gasteiger partial charge < -0.3 is 4.90 Å². The van der Waals surface area contributed by atoms with Gasteiger partial charge in [0.2, 0.25) is 5.91 Å². The van der Waals surface area contributed by atoms with E-state index in [-0.39, 0.29) is 24.5 Å². The molecule has 1 saturated heterocycles. The van der Waals surface area contributed by atoms with Crippen LogP contribution in [0.3, 0.4) is 0 Å². The zero-order chi connectivity index (χ0) is 10.8. The van der Waals surface area contributed by atoms with E-state index in [0.717, 1.165) is 5.56 Å². The van der Waals surface area contributed by atoms with Gasteiger partial charge in [-0.3, -0.25) is 10.1 Å². The summed E-state index contributed by atoms with van der Waals surface area (Å²) in [7, 11) is 0. The van der Waals surface area contributed by atoms with Crippen LogP contribution >= 0.6 is 0 Å². The number of rotatable bonds is 2. The molecular formula is C11H12N2O2. The molecule has 4 heteroatoms. The molecule has 78 valence electrons. The Kier molecular flexibility index (Phi) is 2.41. The molecule has 0 bridgehead atoms. The molecule has 1 unspecified atom stereocenters. The summed E-state index contributed by atoms with van der Waals surface area (Å²) >= 11 is 0. The van der Waals surface area contributed by atoms with Crippen molar-refractivity contribution in [1.82, 2.24) is 10.2 Å². The fourth-order valence-corrected chi connectivity index (χ4v) is 1.68. The van der Waals surface area contributed by atoms with E-state index in [1.165, 1.54) is 4.90 Å². The zero-order valence-corrected chi connectivity index (χ0v) is 8.43. The average Bonchev–Trinajstić information content (AvgIpc) is 2.58. The number of nitrogens with zero attached hydrogens (tertiary/aromatic N) is 1. The Hall–Kier alpha value is -1.84. The lowest BCUT2D eigenvalue weighted by molar-refractivity contribution is -0.118. The highest BCUT2D eigenvalue weighted by molar-refractivity contribution is 6.02. The first-order valence-electron chi connectivity index (χ1n) is 4.84. The molecule has 1 aromatic carbocycles. The van der Waals surface area contributed by atoms with Crippen LogP contribution in [0.2, 0.25) is 0 Å². The van der Waals surface area contributed by atoms with Crippen molar-refractivity contribution in [2.75, 3.05) is 6.54 Å². The standard InChI is InChI=1S/C11H12N2O2/c1-8(9-5-3-2-4-6-9)13-7-10(14)12-11(13)15/h2-6,8H,7H2,1H3,(H,12,14,15). The topological polar surface area (TPSA) is 49.4 Å². The van der Waals surface area contributed by atoms with Crippen LogP contribution in [0, 0.1) is 0 Å². The van der Waals surface area contributed by atoms with Crippen LogP contribution in [-0.2, 0) is 4.79 Å². The number of imide groups is 1. The second-order valence-electron chi connectivity index (χ2n) is 3.57. The normalized spacial score (nSPS) is 17.8. The van der Waals surface area contributed by atoms with Gasteiger partial charge in [0, 0.05) is 0 Å². The molecule has 0 saturated carbocycles. The van der Waals surface area contributed by atoms with Crippen molar-refractivity contribution in [3.8, 4) is 0 Å². The lowest BCUT2D eigenvalue weighted by Crippen LogP contribution is -2.30. The molecule has 2 rings (SSSR count). The first-order valence-corrected chi connectivity index (χ1v) is 4.84. The van der Waals surface area contributed by atoms with E-state index in [2.05, 4.69) is 5.32 Å². The Morgan fingerprint density at radius 1 is 1.27 bits per heavy atom. The molecule has 1 heterocycles. The van der Waals surface area contributed by atoms with Crippen molar-refractivity contribution in [2.24, 2.45) is 0 Å². The molecule has 4 nitrogen and oxygen atoms in total. The van der Waals surface area contributed by atoms with Crippen molar-refractivity contribution >= 4 is 11.9 Å². The maximum Gasteiger partial charge on any atom is 0.325 e. The second kappa shape index (κ2) is 3.73. The molecule has 1 fully saturated rings. The predicted molar refractivity (Wildman–Crippen MR) is 55.1 cm³/mol. The summed E-state index contributed by atoms with van der Waals surface area (Å²) < 4.78 is 0. The third-order valence-corrected chi connectivity index (χ3v) is 2.57. The van der Waals surface area contributed by atoms with E-state index in [4.69, 9.17) is 0 Å². The number of hydrogen-bond acceptors (Lipinski definition) is 2. The summed E-state index contributed by atoms with van der Waals surface area (Å²) in [5.41, 5.74) is 1.03. The Bertz CT molecular complexity index is 389. The minimum Gasteiger partial charge on any atom is -0.308 e. The van der Waals surface area contributed by atoms with Gasteiger partial charge in [-0.25, -0.2) is 4.79 Å². The van der Waals surface area contributed by atoms with Gasteiger partial charge >= 0.3 is 6.03 Å². The highest BCUT2D eigenvalue weighted by Gasteiger charge is 2.30. The van der Waals surface area contributed by atoms with Crippen LogP contribution < -0.4 is 5.32 Å². The maximum atomic E-state index is 11.4. The minimum atomic E-state index is -0.309. The van der Waals surface area contributed by atoms with Crippen LogP contribution in [0.15, 0.2) is 30.3 Å². The van der Waals surface area contributed by atoms with E-state index in [0.29, 0.717) is 0 Å². The van der Waals surface area contributed by atoms with Crippen molar-refractivity contribution in [3.63, 3.8) is 0 Å². The summed E-state index contributed by atoms with van der Waals surface area (Å²) in [6.07, 6.45) is 0. The van der Waals surface area contributed by atoms with Gasteiger partial charge in [-0.2, -0.15) is 0 Å². The van der Waals surface area contributed by atoms with E-state index < -0.39 is 0 Å². The van der Waals surface area contributed by atoms with Crippen molar-refractivity contribution in [3.05, 3.63) is 35.9 Å². The zero-order valence-electron chi connectivity index (χ0n) is 8.43. The molecule has 1 atom stereocenters. The van der Waals surface area contributed by atoms with Crippen LogP contribution in [0.4, 0.5) is 4.79 Å². The lowest BCUT2D eigenvalue weighted by Gasteiger charge is -2.22. The summed E-state index contributed by atoms with van der Waals surface area (Å²) in [5, 5.41) is 2.27. The third-order valence-electron chi connectivity index (χ3n) is 2.57. The van der Waals surface area contributed by atoms with E-state index >= 15 is 0 Å². The summed E-state index contributed by atoms with van der Waals surface area (Å²) in [4.78, 5) is 23.9. The maximum absolute atomic E-state index is 11.4. The van der Waals surface area contributed by atoms with Crippen LogP contribution in [0.5, 0.6) is 0 Å². The first-order chi connectivity index (χ1) is 7.18.